The summed E-state index contributed by atoms with van der Waals surface area (Å²) in [7, 11) is 0. The minimum atomic E-state index is -0.280. The summed E-state index contributed by atoms with van der Waals surface area (Å²) in [5.41, 5.74) is 3.77. The van der Waals surface area contributed by atoms with Crippen LogP contribution in [-0.2, 0) is 10.2 Å². The average Bonchev–Trinajstić information content (AvgIpc) is 3.08. The number of rotatable bonds is 3. The molecule has 6 heteroatoms. The molecule has 4 fully saturated rings. The number of nitrogens with zero attached hydrogens (tertiary/aromatic N) is 3. The van der Waals surface area contributed by atoms with E-state index in [2.05, 4.69) is 34.6 Å². The topological polar surface area (TPSA) is 55.7 Å². The normalized spacial score (nSPS) is 32.6. The summed E-state index contributed by atoms with van der Waals surface area (Å²) in [5.74, 6) is 1.09. The molecule has 7 rings (SSSR count). The van der Waals surface area contributed by atoms with Gasteiger partial charge in [-0.05, 0) is 26.0 Å². The summed E-state index contributed by atoms with van der Waals surface area (Å²) in [6.45, 7) is 5.18. The van der Waals surface area contributed by atoms with Gasteiger partial charge in [0.2, 0.25) is 0 Å². The van der Waals surface area contributed by atoms with Crippen molar-refractivity contribution in [3.8, 4) is 11.3 Å². The number of ether oxygens (including phenoxy) is 1. The maximum Gasteiger partial charge on any atom is 0.150 e. The first-order valence-corrected chi connectivity index (χ1v) is 8.47. The minimum Gasteiger partial charge on any atom is -0.377 e. The van der Waals surface area contributed by atoms with Crippen molar-refractivity contribution in [1.29, 1.82) is 0 Å². The molecule has 3 aromatic rings. The van der Waals surface area contributed by atoms with E-state index >= 15 is 0 Å². The van der Waals surface area contributed by atoms with Gasteiger partial charge in [0.1, 0.15) is 11.5 Å². The molecule has 5 nitrogen and oxygen atoms in total. The molecule has 2 aliphatic heterocycles. The lowest BCUT2D eigenvalue weighted by Gasteiger charge is -2.13. The van der Waals surface area contributed by atoms with E-state index < -0.39 is 0 Å². The summed E-state index contributed by atoms with van der Waals surface area (Å²) in [5, 5.41) is 5.32. The molecule has 0 aromatic carbocycles. The molecule has 1 unspecified atom stereocenters. The van der Waals surface area contributed by atoms with Crippen molar-refractivity contribution in [1.82, 2.24) is 19.7 Å². The molecule has 0 amide bonds. The van der Waals surface area contributed by atoms with Crippen LogP contribution in [0.15, 0.2) is 24.5 Å². The molecule has 2 bridgehead atoms. The highest BCUT2D eigenvalue weighted by Crippen LogP contribution is 2.85. The Bertz CT molecular complexity index is 982. The number of aromatic amines is 1. The van der Waals surface area contributed by atoms with E-state index in [9.17, 15) is 4.39 Å². The fourth-order valence-electron chi connectivity index (χ4n) is 4.78. The predicted octanol–water partition coefficient (Wildman–Crippen LogP) is 3.04. The lowest BCUT2D eigenvalue weighted by atomic mass is 10.0. The van der Waals surface area contributed by atoms with E-state index in [0.29, 0.717) is 29.0 Å². The van der Waals surface area contributed by atoms with Gasteiger partial charge in [0.15, 0.2) is 0 Å². The first-order valence-electron chi connectivity index (χ1n) is 8.47. The van der Waals surface area contributed by atoms with E-state index in [1.807, 2.05) is 6.07 Å². The maximum absolute atomic E-state index is 13.9. The van der Waals surface area contributed by atoms with Crippen molar-refractivity contribution >= 4 is 11.0 Å². The Balaban J connectivity index is 1.50. The Hall–Kier alpha value is -2.21. The number of hydrogen-bond donors (Lipinski definition) is 1. The van der Waals surface area contributed by atoms with Crippen LogP contribution in [0.3, 0.4) is 0 Å². The average molecular weight is 324 g/mol. The first-order chi connectivity index (χ1) is 11.6. The van der Waals surface area contributed by atoms with Crippen LogP contribution in [0.1, 0.15) is 25.6 Å². The molecule has 122 valence electrons. The Labute approximate surface area is 137 Å². The molecule has 4 aliphatic rings. The van der Waals surface area contributed by atoms with Crippen molar-refractivity contribution in [2.75, 3.05) is 6.61 Å². The third kappa shape index (κ3) is 1.32. The molecule has 0 spiro atoms. The number of hydrogen-bond acceptors (Lipinski definition) is 3. The zero-order valence-corrected chi connectivity index (χ0v) is 13.5. The van der Waals surface area contributed by atoms with Crippen molar-refractivity contribution in [2.45, 2.75) is 31.4 Å². The number of H-pyrrole nitrogens is 1. The highest BCUT2D eigenvalue weighted by atomic mass is 19.1. The Morgan fingerprint density at radius 1 is 1.42 bits per heavy atom. The second-order valence-corrected chi connectivity index (χ2v) is 7.53. The summed E-state index contributed by atoms with van der Waals surface area (Å²) in [6.07, 6.45) is 3.49. The third-order valence-electron chi connectivity index (χ3n) is 6.08. The number of nitrogens with one attached hydrogen (secondary N) is 1. The van der Waals surface area contributed by atoms with Gasteiger partial charge in [0.25, 0.3) is 0 Å². The molecule has 3 aromatic heterocycles. The van der Waals surface area contributed by atoms with Gasteiger partial charge in [-0.15, -0.1) is 0 Å². The number of aromatic nitrogens is 4. The van der Waals surface area contributed by atoms with Crippen LogP contribution >= 0.6 is 0 Å². The molecule has 2 aliphatic carbocycles. The van der Waals surface area contributed by atoms with Gasteiger partial charge in [-0.1, -0.05) is 0 Å². The summed E-state index contributed by atoms with van der Waals surface area (Å²) in [4.78, 5) is 7.16. The minimum absolute atomic E-state index is 0.215. The lowest BCUT2D eigenvalue weighted by molar-refractivity contribution is 0.173. The molecule has 1 N–H and O–H groups in total. The molecule has 0 radical (unpaired) electrons. The molecule has 4 atom stereocenters. The second kappa shape index (κ2) is 3.88. The quantitative estimate of drug-likeness (QED) is 0.805. The van der Waals surface area contributed by atoms with E-state index in [1.54, 1.807) is 6.20 Å². The van der Waals surface area contributed by atoms with Crippen LogP contribution in [0.2, 0.25) is 0 Å². The smallest absolute Gasteiger partial charge is 0.150 e. The summed E-state index contributed by atoms with van der Waals surface area (Å²) < 4.78 is 21.8. The van der Waals surface area contributed by atoms with Gasteiger partial charge in [0, 0.05) is 46.9 Å². The molecular formula is C18H17FN4O. The van der Waals surface area contributed by atoms with Crippen molar-refractivity contribution in [3.63, 3.8) is 0 Å². The highest BCUT2D eigenvalue weighted by Gasteiger charge is 2.93. The van der Waals surface area contributed by atoms with Crippen LogP contribution in [0.5, 0.6) is 0 Å². The van der Waals surface area contributed by atoms with E-state index in [0.717, 1.165) is 17.9 Å². The zero-order chi connectivity index (χ0) is 16.2. The Morgan fingerprint density at radius 3 is 3.00 bits per heavy atom. The van der Waals surface area contributed by atoms with Crippen molar-refractivity contribution < 1.29 is 9.13 Å². The number of halogens is 1. The molecule has 2 saturated heterocycles. The van der Waals surface area contributed by atoms with Gasteiger partial charge >= 0.3 is 0 Å². The SMILES string of the molecule is CC(C)n1nc(-c2cnc3[nH]cc(F)c3c2)cc1[C@@]12C3OC[C@H]1[C@@H]32. The van der Waals surface area contributed by atoms with Crippen molar-refractivity contribution in [2.24, 2.45) is 11.8 Å². The highest BCUT2D eigenvalue weighted by molar-refractivity contribution is 5.81. The molecule has 5 heterocycles. The van der Waals surface area contributed by atoms with Crippen LogP contribution in [0.4, 0.5) is 4.39 Å². The van der Waals surface area contributed by atoms with Gasteiger partial charge in [0.05, 0.1) is 23.8 Å². The van der Waals surface area contributed by atoms with Crippen LogP contribution in [-0.4, -0.2) is 32.5 Å². The van der Waals surface area contributed by atoms with Crippen LogP contribution in [0, 0.1) is 17.7 Å². The third-order valence-corrected chi connectivity index (χ3v) is 6.08. The summed E-state index contributed by atoms with van der Waals surface area (Å²) in [6, 6.07) is 4.27. The van der Waals surface area contributed by atoms with E-state index in [4.69, 9.17) is 9.84 Å². The van der Waals surface area contributed by atoms with E-state index in [-0.39, 0.29) is 17.3 Å². The number of pyridine rings is 1. The van der Waals surface area contributed by atoms with Crippen LogP contribution in [0.25, 0.3) is 22.3 Å². The van der Waals surface area contributed by atoms with E-state index in [1.165, 1.54) is 11.9 Å². The summed E-state index contributed by atoms with van der Waals surface area (Å²) >= 11 is 0. The predicted molar refractivity (Wildman–Crippen MR) is 86.1 cm³/mol. The number of fused-ring (bicyclic) bond motifs is 2. The fraction of sp³-hybridized carbons (Fsp3) is 0.444. The second-order valence-electron chi connectivity index (χ2n) is 7.53. The largest absolute Gasteiger partial charge is 0.377 e. The Morgan fingerprint density at radius 2 is 2.29 bits per heavy atom. The van der Waals surface area contributed by atoms with Gasteiger partial charge in [-0.3, -0.25) is 4.68 Å². The molecular weight excluding hydrogens is 307 g/mol. The standard InChI is InChI=1S/C18H17FN4O/c1-8(2)23-14(18-11-7-24-16(18)15(11)18)4-13(22-23)9-3-10-12(19)6-21-17(10)20-5-9/h3-6,8,11,15-16H,7H2,1-2H3,(H,20,21)/t11-,15-,16?,18-/m0/s1. The van der Waals surface area contributed by atoms with Gasteiger partial charge in [-0.25, -0.2) is 9.37 Å². The monoisotopic (exact) mass is 324 g/mol. The lowest BCUT2D eigenvalue weighted by Crippen LogP contribution is -2.16. The van der Waals surface area contributed by atoms with Gasteiger partial charge < -0.3 is 9.72 Å². The van der Waals surface area contributed by atoms with Crippen molar-refractivity contribution in [3.05, 3.63) is 36.0 Å². The molecule has 24 heavy (non-hydrogen) atoms. The maximum atomic E-state index is 13.9. The molecule has 2 saturated carbocycles. The fourth-order valence-corrected chi connectivity index (χ4v) is 4.78. The van der Waals surface area contributed by atoms with Crippen LogP contribution < -0.4 is 0 Å². The first kappa shape index (κ1) is 13.1. The van der Waals surface area contributed by atoms with Gasteiger partial charge in [-0.2, -0.15) is 5.10 Å². The zero-order valence-electron chi connectivity index (χ0n) is 13.5. The Kier molecular flexibility index (Phi) is 2.12.